The van der Waals surface area contributed by atoms with Gasteiger partial charge in [-0.25, -0.2) is 8.78 Å². The zero-order chi connectivity index (χ0) is 16.8. The number of hydrogen-bond donors (Lipinski definition) is 0. The number of halogens is 12. The van der Waals surface area contributed by atoms with Crippen LogP contribution in [0.4, 0.5) is 52.7 Å². The molecule has 0 unspecified atom stereocenters. The maximum atomic E-state index is 12.6. The van der Waals surface area contributed by atoms with E-state index < -0.39 is 42.1 Å². The first-order valence-electron chi connectivity index (χ1n) is 4.09. The van der Waals surface area contributed by atoms with Crippen LogP contribution < -0.4 is 0 Å². The molecule has 0 radical (unpaired) electrons. The van der Waals surface area contributed by atoms with E-state index in [1.165, 1.54) is 0 Å². The van der Waals surface area contributed by atoms with E-state index in [0.717, 1.165) is 0 Å². The molecule has 0 aromatic rings. The second-order valence-corrected chi connectivity index (χ2v) is 3.33. The Bertz CT molecular complexity index is 405. The average molecular weight is 327 g/mol. The Kier molecular flexibility index (Phi) is 4.28. The van der Waals surface area contributed by atoms with Crippen molar-refractivity contribution in [3.63, 3.8) is 0 Å². The van der Waals surface area contributed by atoms with E-state index in [1.807, 2.05) is 0 Å². The SMILES string of the molecule is N#CC(F)(F)C(F)(F)C(F)(F)C(F)(F)C(F)(F)C(F)F. The molecule has 0 aromatic heterocycles. The van der Waals surface area contributed by atoms with Crippen LogP contribution in [0.15, 0.2) is 0 Å². The summed E-state index contributed by atoms with van der Waals surface area (Å²) in [6.07, 6.45) is -5.55. The molecule has 0 N–H and O–H groups in total. The van der Waals surface area contributed by atoms with Gasteiger partial charge in [0.2, 0.25) is 0 Å². The van der Waals surface area contributed by atoms with Gasteiger partial charge in [-0.05, 0) is 0 Å². The molecule has 0 aliphatic rings. The fraction of sp³-hybridized carbons (Fsp3) is 0.857. The monoisotopic (exact) mass is 327 g/mol. The molecule has 13 heteroatoms. The second kappa shape index (κ2) is 4.59. The van der Waals surface area contributed by atoms with Crippen LogP contribution in [-0.4, -0.2) is 36.0 Å². The standard InChI is InChI=1S/C7HF12N/c8-2(9)4(12,13)6(16,17)7(18,19)5(14,15)3(10,11)1-20/h2H. The maximum Gasteiger partial charge on any atom is 0.400 e. The molecule has 0 bridgehead atoms. The van der Waals surface area contributed by atoms with Crippen molar-refractivity contribution in [1.29, 1.82) is 5.26 Å². The predicted molar refractivity (Wildman–Crippen MR) is 36.4 cm³/mol. The summed E-state index contributed by atoms with van der Waals surface area (Å²) in [6, 6.07) is -0.789. The third-order valence-corrected chi connectivity index (χ3v) is 2.02. The van der Waals surface area contributed by atoms with Crippen molar-refractivity contribution in [2.45, 2.75) is 36.0 Å². The van der Waals surface area contributed by atoms with Crippen molar-refractivity contribution >= 4 is 0 Å². The highest BCUT2D eigenvalue weighted by Gasteiger charge is 2.88. The third-order valence-electron chi connectivity index (χ3n) is 2.02. The summed E-state index contributed by atoms with van der Waals surface area (Å²) in [4.78, 5) is 0. The van der Waals surface area contributed by atoms with Crippen molar-refractivity contribution in [3.05, 3.63) is 0 Å². The van der Waals surface area contributed by atoms with Gasteiger partial charge in [0.1, 0.15) is 6.07 Å². The van der Waals surface area contributed by atoms with Gasteiger partial charge in [0, 0.05) is 0 Å². The molecule has 0 aliphatic carbocycles. The van der Waals surface area contributed by atoms with Crippen molar-refractivity contribution in [3.8, 4) is 6.07 Å². The van der Waals surface area contributed by atoms with Crippen molar-refractivity contribution < 1.29 is 52.7 Å². The summed E-state index contributed by atoms with van der Waals surface area (Å²) in [5.74, 6) is -36.0. The molecule has 0 aromatic carbocycles. The molecular formula is C7HF12N. The third kappa shape index (κ3) is 2.14. The Morgan fingerprint density at radius 1 is 0.650 bits per heavy atom. The number of hydrogen-bond acceptors (Lipinski definition) is 1. The van der Waals surface area contributed by atoms with Crippen LogP contribution in [0.5, 0.6) is 0 Å². The van der Waals surface area contributed by atoms with Crippen LogP contribution in [0.25, 0.3) is 0 Å². The molecule has 0 saturated carbocycles. The fourth-order valence-corrected chi connectivity index (χ4v) is 0.811. The minimum absolute atomic E-state index is 0.789. The van der Waals surface area contributed by atoms with Crippen LogP contribution in [0.3, 0.4) is 0 Å². The van der Waals surface area contributed by atoms with Gasteiger partial charge < -0.3 is 0 Å². The lowest BCUT2D eigenvalue weighted by molar-refractivity contribution is -0.405. The highest BCUT2D eigenvalue weighted by Crippen LogP contribution is 2.57. The quantitative estimate of drug-likeness (QED) is 0.702. The predicted octanol–water partition coefficient (Wildman–Crippen LogP) is 3.95. The lowest BCUT2D eigenvalue weighted by Gasteiger charge is -2.37. The lowest BCUT2D eigenvalue weighted by atomic mass is 9.95. The van der Waals surface area contributed by atoms with Crippen LogP contribution in [0.2, 0.25) is 0 Å². The van der Waals surface area contributed by atoms with Gasteiger partial charge >= 0.3 is 36.0 Å². The molecule has 0 amide bonds. The zero-order valence-corrected chi connectivity index (χ0v) is 8.56. The summed E-state index contributed by atoms with van der Waals surface area (Å²) < 4.78 is 147. The minimum atomic E-state index is -7.63. The molecular weight excluding hydrogens is 326 g/mol. The van der Waals surface area contributed by atoms with E-state index in [4.69, 9.17) is 5.26 Å². The first-order valence-corrected chi connectivity index (χ1v) is 4.09. The van der Waals surface area contributed by atoms with E-state index >= 15 is 0 Å². The molecule has 1 nitrogen and oxygen atoms in total. The van der Waals surface area contributed by atoms with Gasteiger partial charge in [0.15, 0.2) is 0 Å². The Morgan fingerprint density at radius 3 is 1.25 bits per heavy atom. The zero-order valence-electron chi connectivity index (χ0n) is 8.56. The van der Waals surface area contributed by atoms with Gasteiger partial charge in [-0.2, -0.15) is 49.2 Å². The highest BCUT2D eigenvalue weighted by molar-refractivity contribution is 5.14. The Balaban J connectivity index is 6.07. The smallest absolute Gasteiger partial charge is 0.203 e. The van der Waals surface area contributed by atoms with Gasteiger partial charge in [-0.1, -0.05) is 0 Å². The van der Waals surface area contributed by atoms with E-state index in [0.29, 0.717) is 0 Å². The molecule has 118 valence electrons. The molecule has 0 aliphatic heterocycles. The largest absolute Gasteiger partial charge is 0.400 e. The fourth-order valence-electron chi connectivity index (χ4n) is 0.811. The molecule has 0 fully saturated rings. The van der Waals surface area contributed by atoms with E-state index in [9.17, 15) is 52.7 Å². The van der Waals surface area contributed by atoms with E-state index in [-0.39, 0.29) is 0 Å². The normalized spacial score (nSPS) is 15.4. The number of rotatable bonds is 5. The van der Waals surface area contributed by atoms with Crippen molar-refractivity contribution in [2.24, 2.45) is 0 Å². The van der Waals surface area contributed by atoms with Gasteiger partial charge in [0.05, 0.1) is 0 Å². The molecule has 0 spiro atoms. The molecule has 0 atom stereocenters. The Morgan fingerprint density at radius 2 is 1.00 bits per heavy atom. The number of nitriles is 1. The van der Waals surface area contributed by atoms with Crippen molar-refractivity contribution in [1.82, 2.24) is 0 Å². The summed E-state index contributed by atoms with van der Waals surface area (Å²) in [7, 11) is 0. The topological polar surface area (TPSA) is 23.8 Å². The Hall–Kier alpha value is -1.35. The number of alkyl halides is 12. The minimum Gasteiger partial charge on any atom is -0.203 e. The molecule has 0 heterocycles. The first kappa shape index (κ1) is 18.7. The van der Waals surface area contributed by atoms with E-state index in [2.05, 4.69) is 0 Å². The van der Waals surface area contributed by atoms with Gasteiger partial charge in [-0.15, -0.1) is 0 Å². The first-order chi connectivity index (χ1) is 8.50. The highest BCUT2D eigenvalue weighted by atomic mass is 19.4. The van der Waals surface area contributed by atoms with E-state index in [1.54, 1.807) is 0 Å². The second-order valence-electron chi connectivity index (χ2n) is 3.33. The Labute approximate surface area is 101 Å². The lowest BCUT2D eigenvalue weighted by Crippen LogP contribution is -2.68. The van der Waals surface area contributed by atoms with Crippen LogP contribution in [-0.2, 0) is 0 Å². The van der Waals surface area contributed by atoms with Crippen LogP contribution in [0.1, 0.15) is 0 Å². The summed E-state index contributed by atoms with van der Waals surface area (Å²) in [5.41, 5.74) is 0. The maximum absolute atomic E-state index is 12.6. The van der Waals surface area contributed by atoms with Gasteiger partial charge in [0.25, 0.3) is 0 Å². The molecule has 20 heavy (non-hydrogen) atoms. The van der Waals surface area contributed by atoms with Crippen molar-refractivity contribution in [2.75, 3.05) is 0 Å². The average Bonchev–Trinajstić information content (AvgIpc) is 2.27. The molecule has 0 rings (SSSR count). The van der Waals surface area contributed by atoms with Gasteiger partial charge in [-0.3, -0.25) is 0 Å². The van der Waals surface area contributed by atoms with Crippen LogP contribution in [0, 0.1) is 11.3 Å². The summed E-state index contributed by atoms with van der Waals surface area (Å²) in [5, 5.41) is 7.48. The summed E-state index contributed by atoms with van der Waals surface area (Å²) in [6.45, 7) is 0. The van der Waals surface area contributed by atoms with Crippen LogP contribution >= 0.6 is 0 Å². The molecule has 0 saturated heterocycles. The number of nitrogens with zero attached hydrogens (tertiary/aromatic N) is 1. The summed E-state index contributed by atoms with van der Waals surface area (Å²) >= 11 is 0.